The van der Waals surface area contributed by atoms with Crippen LogP contribution in [0.25, 0.3) is 0 Å². The molecule has 1 N–H and O–H groups in total. The van der Waals surface area contributed by atoms with E-state index in [2.05, 4.69) is 19.1 Å². The van der Waals surface area contributed by atoms with Crippen LogP contribution in [0.5, 0.6) is 0 Å². The van der Waals surface area contributed by atoms with E-state index in [4.69, 9.17) is 0 Å². The molecule has 1 aromatic rings. The molecular weight excluding hydrogens is 248 g/mol. The van der Waals surface area contributed by atoms with Crippen LogP contribution in [0.15, 0.2) is 24.3 Å². The Hall–Kier alpha value is -1.31. The maximum Gasteiger partial charge on any atom is 0.314 e. The van der Waals surface area contributed by atoms with Crippen molar-refractivity contribution in [3.8, 4) is 0 Å². The highest BCUT2D eigenvalue weighted by Gasteiger charge is 2.49. The molecular formula is C18H24O2. The summed E-state index contributed by atoms with van der Waals surface area (Å²) in [5, 5.41) is 10.1. The summed E-state index contributed by atoms with van der Waals surface area (Å²) in [7, 11) is 0. The molecule has 0 spiro atoms. The van der Waals surface area contributed by atoms with Crippen LogP contribution in [0.1, 0.15) is 56.6 Å². The van der Waals surface area contributed by atoms with E-state index in [0.717, 1.165) is 43.6 Å². The normalized spacial score (nSPS) is 33.5. The zero-order chi connectivity index (χ0) is 14.2. The predicted octanol–water partition coefficient (Wildman–Crippen LogP) is 4.17. The van der Waals surface area contributed by atoms with Gasteiger partial charge in [-0.3, -0.25) is 4.79 Å². The summed E-state index contributed by atoms with van der Waals surface area (Å²) >= 11 is 0. The number of aliphatic carboxylic acids is 1. The second kappa shape index (κ2) is 5.23. The molecule has 108 valence electrons. The number of rotatable bonds is 2. The molecule has 3 rings (SSSR count). The first kappa shape index (κ1) is 13.7. The molecule has 0 aliphatic heterocycles. The molecule has 0 aromatic heterocycles. The third kappa shape index (κ3) is 2.06. The molecule has 0 amide bonds. The number of hydrogen-bond acceptors (Lipinski definition) is 1. The predicted molar refractivity (Wildman–Crippen MR) is 79.8 cm³/mol. The van der Waals surface area contributed by atoms with Crippen LogP contribution in [-0.2, 0) is 16.6 Å². The third-order valence-corrected chi connectivity index (χ3v) is 5.61. The van der Waals surface area contributed by atoms with E-state index in [0.29, 0.717) is 5.92 Å². The first-order valence-electron chi connectivity index (χ1n) is 7.96. The molecule has 2 aliphatic carbocycles. The van der Waals surface area contributed by atoms with Gasteiger partial charge in [0.1, 0.15) is 0 Å². The van der Waals surface area contributed by atoms with Gasteiger partial charge in [0.2, 0.25) is 0 Å². The molecule has 0 bridgehead atoms. The largest absolute Gasteiger partial charge is 0.481 e. The zero-order valence-electron chi connectivity index (χ0n) is 12.3. The molecule has 1 atom stereocenters. The van der Waals surface area contributed by atoms with Crippen molar-refractivity contribution >= 4 is 5.97 Å². The van der Waals surface area contributed by atoms with E-state index in [9.17, 15) is 9.90 Å². The molecule has 2 aliphatic rings. The Morgan fingerprint density at radius 1 is 1.20 bits per heavy atom. The number of fused-ring (bicyclic) bond motifs is 1. The van der Waals surface area contributed by atoms with E-state index in [1.807, 2.05) is 12.1 Å². The van der Waals surface area contributed by atoms with Crippen LogP contribution in [0, 0.1) is 11.8 Å². The van der Waals surface area contributed by atoms with Crippen molar-refractivity contribution in [3.63, 3.8) is 0 Å². The van der Waals surface area contributed by atoms with Gasteiger partial charge in [-0.05, 0) is 55.1 Å². The first-order chi connectivity index (χ1) is 9.64. The van der Waals surface area contributed by atoms with Crippen LogP contribution in [0.4, 0.5) is 0 Å². The van der Waals surface area contributed by atoms with Gasteiger partial charge in [-0.25, -0.2) is 0 Å². The third-order valence-electron chi connectivity index (χ3n) is 5.61. The number of benzene rings is 1. The minimum Gasteiger partial charge on any atom is -0.481 e. The Morgan fingerprint density at radius 2 is 1.90 bits per heavy atom. The van der Waals surface area contributed by atoms with Crippen LogP contribution in [0.3, 0.4) is 0 Å². The van der Waals surface area contributed by atoms with Crippen LogP contribution in [0.2, 0.25) is 0 Å². The SMILES string of the molecule is CC1CCC(C2(C(=O)O)CCCc3ccccc32)CC1. The summed E-state index contributed by atoms with van der Waals surface area (Å²) in [5.74, 6) is 0.484. The Bertz CT molecular complexity index is 500. The average Bonchev–Trinajstić information content (AvgIpc) is 2.47. The van der Waals surface area contributed by atoms with Crippen molar-refractivity contribution in [1.82, 2.24) is 0 Å². The molecule has 2 nitrogen and oxygen atoms in total. The van der Waals surface area contributed by atoms with Gasteiger partial charge in [0.15, 0.2) is 0 Å². The Kier molecular flexibility index (Phi) is 3.57. The fraction of sp³-hybridized carbons (Fsp3) is 0.611. The Labute approximate surface area is 121 Å². The highest BCUT2D eigenvalue weighted by molar-refractivity contribution is 5.83. The molecule has 0 saturated heterocycles. The smallest absolute Gasteiger partial charge is 0.314 e. The van der Waals surface area contributed by atoms with Gasteiger partial charge in [-0.2, -0.15) is 0 Å². The fourth-order valence-electron chi connectivity index (χ4n) is 4.44. The van der Waals surface area contributed by atoms with Crippen LogP contribution < -0.4 is 0 Å². The van der Waals surface area contributed by atoms with Gasteiger partial charge in [0.25, 0.3) is 0 Å². The van der Waals surface area contributed by atoms with Crippen molar-refractivity contribution in [2.75, 3.05) is 0 Å². The molecule has 2 heteroatoms. The number of carboxylic acid groups (broad SMARTS) is 1. The van der Waals surface area contributed by atoms with Crippen LogP contribution in [-0.4, -0.2) is 11.1 Å². The lowest BCUT2D eigenvalue weighted by Gasteiger charge is -2.44. The first-order valence-corrected chi connectivity index (χ1v) is 7.96. The average molecular weight is 272 g/mol. The van der Waals surface area contributed by atoms with E-state index >= 15 is 0 Å². The number of hydrogen-bond donors (Lipinski definition) is 1. The second-order valence-corrected chi connectivity index (χ2v) is 6.74. The van der Waals surface area contributed by atoms with Crippen molar-refractivity contribution in [1.29, 1.82) is 0 Å². The molecule has 20 heavy (non-hydrogen) atoms. The number of carbonyl (C=O) groups is 1. The quantitative estimate of drug-likeness (QED) is 0.877. The maximum absolute atomic E-state index is 12.2. The van der Waals surface area contributed by atoms with Gasteiger partial charge < -0.3 is 5.11 Å². The number of aryl methyl sites for hydroxylation is 1. The topological polar surface area (TPSA) is 37.3 Å². The summed E-state index contributed by atoms with van der Waals surface area (Å²) in [6, 6.07) is 8.24. The maximum atomic E-state index is 12.2. The van der Waals surface area contributed by atoms with Gasteiger partial charge in [-0.1, -0.05) is 44.0 Å². The second-order valence-electron chi connectivity index (χ2n) is 6.74. The summed E-state index contributed by atoms with van der Waals surface area (Å²) < 4.78 is 0. The molecule has 1 unspecified atom stereocenters. The minimum absolute atomic E-state index is 0.317. The van der Waals surface area contributed by atoms with Crippen LogP contribution >= 0.6 is 0 Å². The standard InChI is InChI=1S/C18H24O2/c1-13-8-10-15(11-9-13)18(17(19)20)12-4-6-14-5-2-3-7-16(14)18/h2-3,5,7,13,15H,4,6,8-12H2,1H3,(H,19,20). The summed E-state index contributed by atoms with van der Waals surface area (Å²) in [6.07, 6.45) is 7.37. The van der Waals surface area contributed by atoms with E-state index in [1.54, 1.807) is 0 Å². The lowest BCUT2D eigenvalue weighted by molar-refractivity contribution is -0.148. The van der Waals surface area contributed by atoms with E-state index < -0.39 is 11.4 Å². The highest BCUT2D eigenvalue weighted by atomic mass is 16.4. The van der Waals surface area contributed by atoms with Gasteiger partial charge in [-0.15, -0.1) is 0 Å². The molecule has 0 heterocycles. The van der Waals surface area contributed by atoms with Gasteiger partial charge in [0, 0.05) is 0 Å². The monoisotopic (exact) mass is 272 g/mol. The van der Waals surface area contributed by atoms with E-state index in [1.165, 1.54) is 18.4 Å². The summed E-state index contributed by atoms with van der Waals surface area (Å²) in [6.45, 7) is 2.29. The minimum atomic E-state index is -0.616. The molecule has 1 fully saturated rings. The van der Waals surface area contributed by atoms with Crippen molar-refractivity contribution in [2.45, 2.75) is 57.3 Å². The van der Waals surface area contributed by atoms with Crippen molar-refractivity contribution in [2.24, 2.45) is 11.8 Å². The zero-order valence-corrected chi connectivity index (χ0v) is 12.3. The highest BCUT2D eigenvalue weighted by Crippen LogP contribution is 2.49. The molecule has 0 radical (unpaired) electrons. The summed E-state index contributed by atoms with van der Waals surface area (Å²) in [5.41, 5.74) is 1.76. The molecule has 1 saturated carbocycles. The Balaban J connectivity index is 2.03. The van der Waals surface area contributed by atoms with Crippen molar-refractivity contribution in [3.05, 3.63) is 35.4 Å². The summed E-state index contributed by atoms with van der Waals surface area (Å²) in [4.78, 5) is 12.2. The molecule has 1 aromatic carbocycles. The Morgan fingerprint density at radius 3 is 2.60 bits per heavy atom. The van der Waals surface area contributed by atoms with Crippen molar-refractivity contribution < 1.29 is 9.90 Å². The van der Waals surface area contributed by atoms with Gasteiger partial charge in [0.05, 0.1) is 5.41 Å². The van der Waals surface area contributed by atoms with E-state index in [-0.39, 0.29) is 0 Å². The lowest BCUT2D eigenvalue weighted by Crippen LogP contribution is -2.46. The van der Waals surface area contributed by atoms with Gasteiger partial charge >= 0.3 is 5.97 Å². The lowest BCUT2D eigenvalue weighted by atomic mass is 9.58. The number of carboxylic acids is 1. The fourth-order valence-corrected chi connectivity index (χ4v) is 4.44.